The van der Waals surface area contributed by atoms with Gasteiger partial charge >= 0.3 is 0 Å². The van der Waals surface area contributed by atoms with Gasteiger partial charge in [-0.2, -0.15) is 0 Å². The first kappa shape index (κ1) is 10.7. The Morgan fingerprint density at radius 2 is 2.25 bits per heavy atom. The Hall–Kier alpha value is -1.84. The van der Waals surface area contributed by atoms with E-state index in [1.165, 1.54) is 6.07 Å². The molecule has 0 saturated heterocycles. The summed E-state index contributed by atoms with van der Waals surface area (Å²) in [5.74, 6) is 1.07. The van der Waals surface area contributed by atoms with Gasteiger partial charge in [-0.05, 0) is 18.6 Å². The minimum Gasteiger partial charge on any atom is -0.486 e. The Morgan fingerprint density at radius 1 is 1.44 bits per heavy atom. The lowest BCUT2D eigenvalue weighted by molar-refractivity contribution is 0.290. The van der Waals surface area contributed by atoms with Gasteiger partial charge in [-0.15, -0.1) is 0 Å². The molecule has 0 aliphatic rings. The SMILES string of the molecule is Cc1ccc(OCc2nccn2C)cc1F. The van der Waals surface area contributed by atoms with Crippen molar-refractivity contribution in [2.75, 3.05) is 0 Å². The van der Waals surface area contributed by atoms with E-state index < -0.39 is 0 Å². The summed E-state index contributed by atoms with van der Waals surface area (Å²) in [6, 6.07) is 4.84. The third-order valence-corrected chi connectivity index (χ3v) is 2.43. The van der Waals surface area contributed by atoms with Crippen LogP contribution in [0.25, 0.3) is 0 Å². The normalized spacial score (nSPS) is 10.4. The molecule has 2 rings (SSSR count). The van der Waals surface area contributed by atoms with E-state index in [2.05, 4.69) is 4.98 Å². The summed E-state index contributed by atoms with van der Waals surface area (Å²) in [5.41, 5.74) is 0.615. The Kier molecular flexibility index (Phi) is 2.90. The number of nitrogens with zero attached hydrogens (tertiary/aromatic N) is 2. The fourth-order valence-corrected chi connectivity index (χ4v) is 1.35. The summed E-state index contributed by atoms with van der Waals surface area (Å²) < 4.78 is 20.5. The maximum atomic E-state index is 13.2. The summed E-state index contributed by atoms with van der Waals surface area (Å²) in [6.45, 7) is 2.06. The molecule has 0 radical (unpaired) electrons. The van der Waals surface area contributed by atoms with Crippen molar-refractivity contribution in [3.05, 3.63) is 47.8 Å². The maximum Gasteiger partial charge on any atom is 0.146 e. The van der Waals surface area contributed by atoms with Crippen molar-refractivity contribution in [1.29, 1.82) is 0 Å². The number of halogens is 1. The molecular formula is C12H13FN2O. The zero-order valence-electron chi connectivity index (χ0n) is 9.27. The van der Waals surface area contributed by atoms with Crippen LogP contribution in [-0.4, -0.2) is 9.55 Å². The number of aryl methyl sites for hydroxylation is 2. The van der Waals surface area contributed by atoms with E-state index in [4.69, 9.17) is 4.74 Å². The van der Waals surface area contributed by atoms with Crippen LogP contribution >= 0.6 is 0 Å². The van der Waals surface area contributed by atoms with Crippen LogP contribution < -0.4 is 4.74 Å². The minimum atomic E-state index is -0.252. The molecule has 0 saturated carbocycles. The van der Waals surface area contributed by atoms with Gasteiger partial charge in [-0.3, -0.25) is 0 Å². The molecular weight excluding hydrogens is 207 g/mol. The number of rotatable bonds is 3. The highest BCUT2D eigenvalue weighted by molar-refractivity contribution is 5.28. The topological polar surface area (TPSA) is 27.1 Å². The van der Waals surface area contributed by atoms with Gasteiger partial charge < -0.3 is 9.30 Å². The molecule has 0 N–H and O–H groups in total. The molecule has 0 amide bonds. The quantitative estimate of drug-likeness (QED) is 0.794. The minimum absolute atomic E-state index is 0.252. The summed E-state index contributed by atoms with van der Waals surface area (Å²) in [6.07, 6.45) is 3.54. The third kappa shape index (κ3) is 2.21. The van der Waals surface area contributed by atoms with E-state index >= 15 is 0 Å². The molecule has 2 aromatic rings. The molecule has 1 aromatic heterocycles. The van der Waals surface area contributed by atoms with Gasteiger partial charge in [0.2, 0.25) is 0 Å². The lowest BCUT2D eigenvalue weighted by atomic mass is 10.2. The second-order valence-corrected chi connectivity index (χ2v) is 3.65. The average molecular weight is 220 g/mol. The van der Waals surface area contributed by atoms with Gasteiger partial charge in [0.05, 0.1) is 0 Å². The van der Waals surface area contributed by atoms with Crippen molar-refractivity contribution in [1.82, 2.24) is 9.55 Å². The summed E-state index contributed by atoms with van der Waals surface area (Å²) in [7, 11) is 1.89. The van der Waals surface area contributed by atoms with Crippen molar-refractivity contribution in [2.45, 2.75) is 13.5 Å². The molecule has 0 bridgehead atoms. The van der Waals surface area contributed by atoms with E-state index in [1.54, 1.807) is 25.3 Å². The number of hydrogen-bond acceptors (Lipinski definition) is 2. The molecule has 0 spiro atoms. The molecule has 1 heterocycles. The van der Waals surface area contributed by atoms with Gasteiger partial charge in [-0.25, -0.2) is 9.37 Å². The van der Waals surface area contributed by atoms with Crippen molar-refractivity contribution >= 4 is 0 Å². The lowest BCUT2D eigenvalue weighted by Gasteiger charge is -2.06. The van der Waals surface area contributed by atoms with Crippen molar-refractivity contribution < 1.29 is 9.13 Å². The summed E-state index contributed by atoms with van der Waals surface area (Å²) >= 11 is 0. The molecule has 1 aromatic carbocycles. The van der Waals surface area contributed by atoms with Crippen LogP contribution in [0.1, 0.15) is 11.4 Å². The average Bonchev–Trinajstić information content (AvgIpc) is 2.66. The van der Waals surface area contributed by atoms with Crippen LogP contribution in [0.5, 0.6) is 5.75 Å². The number of imidazole rings is 1. The Bertz CT molecular complexity index is 494. The van der Waals surface area contributed by atoms with Crippen LogP contribution in [0, 0.1) is 12.7 Å². The van der Waals surface area contributed by atoms with E-state index in [9.17, 15) is 4.39 Å². The third-order valence-electron chi connectivity index (χ3n) is 2.43. The molecule has 16 heavy (non-hydrogen) atoms. The smallest absolute Gasteiger partial charge is 0.146 e. The zero-order valence-corrected chi connectivity index (χ0v) is 9.27. The van der Waals surface area contributed by atoms with Crippen molar-refractivity contribution in [3.63, 3.8) is 0 Å². The number of ether oxygens (including phenoxy) is 1. The van der Waals surface area contributed by atoms with Gasteiger partial charge in [0, 0.05) is 25.5 Å². The Balaban J connectivity index is 2.05. The molecule has 0 aliphatic carbocycles. The van der Waals surface area contributed by atoms with Crippen LogP contribution in [0.2, 0.25) is 0 Å². The Labute approximate surface area is 93.5 Å². The van der Waals surface area contributed by atoms with Crippen LogP contribution in [0.4, 0.5) is 4.39 Å². The largest absolute Gasteiger partial charge is 0.486 e. The second kappa shape index (κ2) is 4.35. The van der Waals surface area contributed by atoms with Gasteiger partial charge in [0.1, 0.15) is 24.0 Å². The number of benzene rings is 1. The Morgan fingerprint density at radius 3 is 2.88 bits per heavy atom. The molecule has 0 atom stereocenters. The fourth-order valence-electron chi connectivity index (χ4n) is 1.35. The maximum absolute atomic E-state index is 13.2. The summed E-state index contributed by atoms with van der Waals surface area (Å²) in [5, 5.41) is 0. The number of aromatic nitrogens is 2. The first-order valence-corrected chi connectivity index (χ1v) is 5.02. The van der Waals surface area contributed by atoms with Crippen LogP contribution in [0.3, 0.4) is 0 Å². The van der Waals surface area contributed by atoms with E-state index in [0.717, 1.165) is 5.82 Å². The molecule has 0 unspecified atom stereocenters. The molecule has 3 nitrogen and oxygen atoms in total. The highest BCUT2D eigenvalue weighted by atomic mass is 19.1. The molecule has 0 aliphatic heterocycles. The molecule has 84 valence electrons. The van der Waals surface area contributed by atoms with Crippen molar-refractivity contribution in [3.8, 4) is 5.75 Å². The van der Waals surface area contributed by atoms with E-state index in [0.29, 0.717) is 17.9 Å². The second-order valence-electron chi connectivity index (χ2n) is 3.65. The predicted octanol–water partition coefficient (Wildman–Crippen LogP) is 2.45. The molecule has 0 fully saturated rings. The highest BCUT2D eigenvalue weighted by Gasteiger charge is 2.03. The first-order chi connectivity index (χ1) is 7.66. The summed E-state index contributed by atoms with van der Waals surface area (Å²) in [4.78, 5) is 4.12. The monoisotopic (exact) mass is 220 g/mol. The standard InChI is InChI=1S/C12H13FN2O/c1-9-3-4-10(7-11(9)13)16-8-12-14-5-6-15(12)2/h3-7H,8H2,1-2H3. The van der Waals surface area contributed by atoms with E-state index in [-0.39, 0.29) is 5.82 Å². The van der Waals surface area contributed by atoms with Crippen LogP contribution in [-0.2, 0) is 13.7 Å². The fraction of sp³-hybridized carbons (Fsp3) is 0.250. The predicted molar refractivity (Wildman–Crippen MR) is 58.7 cm³/mol. The lowest BCUT2D eigenvalue weighted by Crippen LogP contribution is -2.03. The van der Waals surface area contributed by atoms with Gasteiger partial charge in [0.25, 0.3) is 0 Å². The highest BCUT2D eigenvalue weighted by Crippen LogP contribution is 2.16. The van der Waals surface area contributed by atoms with Crippen molar-refractivity contribution in [2.24, 2.45) is 7.05 Å². The van der Waals surface area contributed by atoms with E-state index in [1.807, 2.05) is 17.8 Å². The number of hydrogen-bond donors (Lipinski definition) is 0. The van der Waals surface area contributed by atoms with Gasteiger partial charge in [-0.1, -0.05) is 6.07 Å². The first-order valence-electron chi connectivity index (χ1n) is 5.02. The van der Waals surface area contributed by atoms with Gasteiger partial charge in [0.15, 0.2) is 0 Å². The molecule has 4 heteroatoms. The van der Waals surface area contributed by atoms with Crippen LogP contribution in [0.15, 0.2) is 30.6 Å². The zero-order chi connectivity index (χ0) is 11.5.